The number of piperazine rings is 1. The van der Waals surface area contributed by atoms with Gasteiger partial charge in [-0.2, -0.15) is 0 Å². The largest absolute Gasteiger partial charge is 0.367 e. The van der Waals surface area contributed by atoms with Gasteiger partial charge in [0.05, 0.1) is 5.69 Å². The fourth-order valence-electron chi connectivity index (χ4n) is 4.29. The quantitative estimate of drug-likeness (QED) is 0.537. The van der Waals surface area contributed by atoms with Crippen molar-refractivity contribution in [3.63, 3.8) is 0 Å². The fraction of sp³-hybridized carbons (Fsp3) is 0.591. The summed E-state index contributed by atoms with van der Waals surface area (Å²) in [6.45, 7) is 6.68. The lowest BCUT2D eigenvalue weighted by Crippen LogP contribution is -2.47. The second-order valence-electron chi connectivity index (χ2n) is 8.10. The van der Waals surface area contributed by atoms with Crippen molar-refractivity contribution in [1.29, 1.82) is 0 Å². The van der Waals surface area contributed by atoms with Crippen LogP contribution in [0.3, 0.4) is 0 Å². The van der Waals surface area contributed by atoms with Gasteiger partial charge in [-0.3, -0.25) is 9.69 Å². The number of rotatable bonds is 5. The third-order valence-electron chi connectivity index (χ3n) is 6.08. The Morgan fingerprint density at radius 3 is 2.36 bits per heavy atom. The molecule has 6 heteroatoms. The van der Waals surface area contributed by atoms with E-state index < -0.39 is 17.5 Å². The highest BCUT2D eigenvalue weighted by molar-refractivity contribution is 5.87. The van der Waals surface area contributed by atoms with E-state index in [9.17, 15) is 18.0 Å². The van der Waals surface area contributed by atoms with Crippen LogP contribution >= 0.6 is 0 Å². The van der Waals surface area contributed by atoms with Crippen LogP contribution in [0.15, 0.2) is 17.7 Å². The van der Waals surface area contributed by atoms with Crippen molar-refractivity contribution in [2.45, 2.75) is 46.0 Å². The lowest BCUT2D eigenvalue weighted by atomic mass is 9.83. The van der Waals surface area contributed by atoms with Gasteiger partial charge in [-0.15, -0.1) is 0 Å². The molecule has 2 aliphatic rings. The number of ketones is 1. The molecule has 0 radical (unpaired) electrons. The number of nitrogens with zero attached hydrogens (tertiary/aromatic N) is 2. The summed E-state index contributed by atoms with van der Waals surface area (Å²) in [5.74, 6) is -1.93. The third kappa shape index (κ3) is 4.96. The number of carbonyl (C=O) groups excluding carboxylic acids is 1. The van der Waals surface area contributed by atoms with Crippen LogP contribution in [0, 0.1) is 30.3 Å². The Balaban J connectivity index is 1.46. The number of halogens is 3. The summed E-state index contributed by atoms with van der Waals surface area (Å²) in [4.78, 5) is 15.3. The maximum Gasteiger partial charge on any atom is 0.164 e. The molecule has 0 atom stereocenters. The van der Waals surface area contributed by atoms with E-state index >= 15 is 0 Å². The van der Waals surface area contributed by atoms with Crippen LogP contribution < -0.4 is 4.90 Å². The van der Waals surface area contributed by atoms with Crippen LogP contribution in [0.25, 0.3) is 0 Å². The van der Waals surface area contributed by atoms with Gasteiger partial charge in [0.2, 0.25) is 0 Å². The molecule has 1 saturated heterocycles. The highest BCUT2D eigenvalue weighted by Crippen LogP contribution is 2.31. The first-order chi connectivity index (χ1) is 13.3. The first-order valence-electron chi connectivity index (χ1n) is 10.2. The Morgan fingerprint density at radius 1 is 1.11 bits per heavy atom. The number of carbonyl (C=O) groups is 1. The maximum atomic E-state index is 14.3. The number of hydrogen-bond acceptors (Lipinski definition) is 3. The third-order valence-corrected chi connectivity index (χ3v) is 6.08. The minimum atomic E-state index is -1.10. The highest BCUT2D eigenvalue weighted by atomic mass is 19.2. The molecule has 0 bridgehead atoms. The molecule has 154 valence electrons. The number of anilines is 1. The van der Waals surface area contributed by atoms with Gasteiger partial charge in [0.25, 0.3) is 0 Å². The monoisotopic (exact) mass is 394 g/mol. The predicted octanol–water partition coefficient (Wildman–Crippen LogP) is 4.63. The Morgan fingerprint density at radius 2 is 1.75 bits per heavy atom. The van der Waals surface area contributed by atoms with Gasteiger partial charge < -0.3 is 4.90 Å². The van der Waals surface area contributed by atoms with Gasteiger partial charge in [0.1, 0.15) is 0 Å². The highest BCUT2D eigenvalue weighted by Gasteiger charge is 2.24. The average Bonchev–Trinajstić information content (AvgIpc) is 2.69. The van der Waals surface area contributed by atoms with Crippen molar-refractivity contribution in [2.75, 3.05) is 37.6 Å². The van der Waals surface area contributed by atoms with Crippen LogP contribution in [0.5, 0.6) is 0 Å². The summed E-state index contributed by atoms with van der Waals surface area (Å²) in [5.41, 5.74) is 1.18. The summed E-state index contributed by atoms with van der Waals surface area (Å²) < 4.78 is 41.5. The van der Waals surface area contributed by atoms with Gasteiger partial charge in [-0.1, -0.05) is 5.57 Å². The zero-order chi connectivity index (χ0) is 20.3. The normalized spacial score (nSPS) is 21.1. The molecular formula is C22H29F3N2O. The molecule has 1 aliphatic carbocycles. The minimum Gasteiger partial charge on any atom is -0.367 e. The first kappa shape index (κ1) is 20.9. The molecule has 0 spiro atoms. The van der Waals surface area contributed by atoms with E-state index in [0.29, 0.717) is 19.0 Å². The van der Waals surface area contributed by atoms with Gasteiger partial charge in [-0.25, -0.2) is 13.2 Å². The molecule has 1 heterocycles. The van der Waals surface area contributed by atoms with Crippen LogP contribution in [-0.2, 0) is 4.79 Å². The first-order valence-corrected chi connectivity index (χ1v) is 10.2. The lowest BCUT2D eigenvalue weighted by molar-refractivity contribution is -0.112. The lowest BCUT2D eigenvalue weighted by Gasteiger charge is -2.37. The summed E-state index contributed by atoms with van der Waals surface area (Å²) >= 11 is 0. The second-order valence-corrected chi connectivity index (χ2v) is 8.10. The Labute approximate surface area is 165 Å². The van der Waals surface area contributed by atoms with Crippen molar-refractivity contribution < 1.29 is 18.0 Å². The minimum absolute atomic E-state index is 0.138. The predicted molar refractivity (Wildman–Crippen MR) is 105 cm³/mol. The van der Waals surface area contributed by atoms with Gasteiger partial charge in [0.15, 0.2) is 23.2 Å². The summed E-state index contributed by atoms with van der Waals surface area (Å²) in [6.07, 6.45) is 7.23. The molecule has 3 nitrogen and oxygen atoms in total. The van der Waals surface area contributed by atoms with E-state index in [1.807, 2.05) is 0 Å². The molecule has 0 amide bonds. The standard InChI is InChI=1S/C22H29F3N2O/c1-15(28)13-18-5-3-17(4-6-18)7-8-26-9-11-27(12-10-26)20-14-19(23)21(24)16(2)22(20)25/h13-14,17H,3-12H2,1-2H3. The van der Waals surface area contributed by atoms with Crippen molar-refractivity contribution in [2.24, 2.45) is 5.92 Å². The molecule has 0 aromatic heterocycles. The molecule has 2 fully saturated rings. The van der Waals surface area contributed by atoms with E-state index in [0.717, 1.165) is 57.8 Å². The number of hydrogen-bond donors (Lipinski definition) is 0. The Hall–Kier alpha value is -1.82. The topological polar surface area (TPSA) is 23.6 Å². The van der Waals surface area contributed by atoms with Crippen molar-refractivity contribution in [3.05, 3.63) is 40.7 Å². The maximum absolute atomic E-state index is 14.3. The van der Waals surface area contributed by atoms with E-state index in [1.165, 1.54) is 12.5 Å². The molecule has 1 saturated carbocycles. The Kier molecular flexibility index (Phi) is 6.81. The fourth-order valence-corrected chi connectivity index (χ4v) is 4.29. The Bertz CT molecular complexity index is 745. The summed E-state index contributed by atoms with van der Waals surface area (Å²) in [5, 5.41) is 0. The molecule has 28 heavy (non-hydrogen) atoms. The van der Waals surface area contributed by atoms with E-state index in [4.69, 9.17) is 0 Å². The number of allylic oxidation sites excluding steroid dienone is 2. The van der Waals surface area contributed by atoms with Gasteiger partial charge >= 0.3 is 0 Å². The van der Waals surface area contributed by atoms with Crippen LogP contribution in [0.4, 0.5) is 18.9 Å². The molecule has 3 rings (SSSR count). The van der Waals surface area contributed by atoms with E-state index in [-0.39, 0.29) is 17.0 Å². The number of benzene rings is 1. The summed E-state index contributed by atoms with van der Waals surface area (Å²) in [6, 6.07) is 0.974. The molecule has 1 aliphatic heterocycles. The van der Waals surface area contributed by atoms with Gasteiger partial charge in [0, 0.05) is 37.8 Å². The molecule has 0 unspecified atom stereocenters. The molecule has 1 aromatic carbocycles. The van der Waals surface area contributed by atoms with Crippen molar-refractivity contribution in [1.82, 2.24) is 4.90 Å². The summed E-state index contributed by atoms with van der Waals surface area (Å²) in [7, 11) is 0. The van der Waals surface area contributed by atoms with Crippen molar-refractivity contribution in [3.8, 4) is 0 Å². The molecule has 0 N–H and O–H groups in total. The smallest absolute Gasteiger partial charge is 0.164 e. The average molecular weight is 394 g/mol. The van der Waals surface area contributed by atoms with E-state index in [1.54, 1.807) is 17.9 Å². The zero-order valence-corrected chi connectivity index (χ0v) is 16.7. The zero-order valence-electron chi connectivity index (χ0n) is 16.7. The molecular weight excluding hydrogens is 365 g/mol. The van der Waals surface area contributed by atoms with Crippen LogP contribution in [0.1, 0.15) is 44.6 Å². The van der Waals surface area contributed by atoms with Crippen LogP contribution in [0.2, 0.25) is 0 Å². The van der Waals surface area contributed by atoms with Crippen LogP contribution in [-0.4, -0.2) is 43.4 Å². The molecule has 1 aromatic rings. The second kappa shape index (κ2) is 9.12. The van der Waals surface area contributed by atoms with Gasteiger partial charge in [-0.05, 0) is 64.5 Å². The van der Waals surface area contributed by atoms with E-state index in [2.05, 4.69) is 4.90 Å². The SMILES string of the molecule is CC(=O)C=C1CCC(CCN2CCN(c3cc(F)c(F)c(C)c3F)CC2)CC1. The van der Waals surface area contributed by atoms with Crippen molar-refractivity contribution >= 4 is 11.5 Å².